The van der Waals surface area contributed by atoms with Crippen LogP contribution in [0.2, 0.25) is 0 Å². The molecule has 1 rings (SSSR count). The van der Waals surface area contributed by atoms with Crippen molar-refractivity contribution in [1.82, 2.24) is 14.9 Å². The predicted octanol–water partition coefficient (Wildman–Crippen LogP) is -0.311. The second-order valence-electron chi connectivity index (χ2n) is 4.98. The van der Waals surface area contributed by atoms with Gasteiger partial charge in [0.05, 0.1) is 12.2 Å². The molecular formula is C13H21N3O5. The first-order valence-corrected chi connectivity index (χ1v) is 6.65. The normalized spacial score (nSPS) is 12.4. The quantitative estimate of drug-likeness (QED) is 0.624. The number of methoxy groups -OCH3 is 1. The van der Waals surface area contributed by atoms with Crippen LogP contribution in [0, 0.1) is 0 Å². The first-order valence-electron chi connectivity index (χ1n) is 6.65. The van der Waals surface area contributed by atoms with Crippen molar-refractivity contribution in [3.63, 3.8) is 0 Å². The van der Waals surface area contributed by atoms with E-state index in [0.29, 0.717) is 6.61 Å². The second-order valence-corrected chi connectivity index (χ2v) is 4.98. The average molecular weight is 299 g/mol. The van der Waals surface area contributed by atoms with Crippen LogP contribution in [0.15, 0.2) is 9.59 Å². The Kier molecular flexibility index (Phi) is 5.71. The number of rotatable bonds is 6. The smallest absolute Gasteiger partial charge is 0.331 e. The van der Waals surface area contributed by atoms with Gasteiger partial charge >= 0.3 is 5.69 Å². The van der Waals surface area contributed by atoms with E-state index in [2.05, 4.69) is 10.3 Å². The molecule has 1 amide bonds. The molecule has 0 aromatic carbocycles. The fourth-order valence-corrected chi connectivity index (χ4v) is 1.97. The van der Waals surface area contributed by atoms with E-state index < -0.39 is 29.1 Å². The van der Waals surface area contributed by atoms with E-state index in [1.54, 1.807) is 13.8 Å². The van der Waals surface area contributed by atoms with Crippen molar-refractivity contribution in [1.29, 1.82) is 0 Å². The topological polar surface area (TPSA) is 113 Å². The third-order valence-electron chi connectivity index (χ3n) is 3.10. The second kappa shape index (κ2) is 7.07. The van der Waals surface area contributed by atoms with E-state index in [9.17, 15) is 19.5 Å². The van der Waals surface area contributed by atoms with Crippen molar-refractivity contribution < 1.29 is 14.6 Å². The molecule has 0 saturated carbocycles. The van der Waals surface area contributed by atoms with Gasteiger partial charge in [-0.05, 0) is 12.8 Å². The van der Waals surface area contributed by atoms with Gasteiger partial charge in [0, 0.05) is 13.7 Å². The number of aromatic nitrogens is 2. The van der Waals surface area contributed by atoms with Gasteiger partial charge in [-0.1, -0.05) is 13.8 Å². The maximum atomic E-state index is 12.0. The van der Waals surface area contributed by atoms with E-state index in [1.165, 1.54) is 14.0 Å². The Balaban J connectivity index is 3.18. The van der Waals surface area contributed by atoms with Gasteiger partial charge in [-0.3, -0.25) is 19.1 Å². The summed E-state index contributed by atoms with van der Waals surface area (Å²) in [5.74, 6) is -1.22. The molecular weight excluding hydrogens is 278 g/mol. The molecule has 1 heterocycles. The zero-order valence-electron chi connectivity index (χ0n) is 12.6. The number of hydrogen-bond acceptors (Lipinski definition) is 5. The Morgan fingerprint density at radius 2 is 2.00 bits per heavy atom. The number of H-pyrrole nitrogens is 1. The van der Waals surface area contributed by atoms with Crippen molar-refractivity contribution in [3.8, 4) is 5.88 Å². The van der Waals surface area contributed by atoms with Gasteiger partial charge in [-0.25, -0.2) is 4.79 Å². The fraction of sp³-hybridized carbons (Fsp3) is 0.615. The summed E-state index contributed by atoms with van der Waals surface area (Å²) in [5.41, 5.74) is -1.39. The Morgan fingerprint density at radius 1 is 1.38 bits per heavy atom. The van der Waals surface area contributed by atoms with Crippen LogP contribution < -0.4 is 16.6 Å². The van der Waals surface area contributed by atoms with Crippen molar-refractivity contribution >= 4 is 5.91 Å². The van der Waals surface area contributed by atoms with E-state index in [-0.39, 0.29) is 18.0 Å². The number of amides is 1. The molecule has 21 heavy (non-hydrogen) atoms. The maximum Gasteiger partial charge on any atom is 0.331 e. The summed E-state index contributed by atoms with van der Waals surface area (Å²) in [6.45, 7) is 5.51. The molecule has 1 aromatic heterocycles. The highest BCUT2D eigenvalue weighted by Gasteiger charge is 2.24. The van der Waals surface area contributed by atoms with Crippen LogP contribution in [-0.2, 0) is 9.53 Å². The van der Waals surface area contributed by atoms with Crippen LogP contribution in [0.4, 0.5) is 0 Å². The van der Waals surface area contributed by atoms with Crippen LogP contribution in [0.3, 0.4) is 0 Å². The number of aromatic hydroxyl groups is 1. The number of nitrogens with zero attached hydrogens (tertiary/aromatic N) is 1. The van der Waals surface area contributed by atoms with Gasteiger partial charge < -0.3 is 15.2 Å². The van der Waals surface area contributed by atoms with Gasteiger partial charge in [0.2, 0.25) is 11.8 Å². The van der Waals surface area contributed by atoms with Crippen molar-refractivity contribution in [2.45, 2.75) is 32.7 Å². The number of ether oxygens (including phenoxy) is 1. The van der Waals surface area contributed by atoms with E-state index in [1.807, 2.05) is 0 Å². The Labute approximate surface area is 121 Å². The summed E-state index contributed by atoms with van der Waals surface area (Å²) in [4.78, 5) is 37.6. The van der Waals surface area contributed by atoms with Gasteiger partial charge in [0.1, 0.15) is 6.04 Å². The largest absolute Gasteiger partial charge is 0.494 e. The van der Waals surface area contributed by atoms with E-state index in [4.69, 9.17) is 4.74 Å². The third kappa shape index (κ3) is 3.72. The molecule has 8 nitrogen and oxygen atoms in total. The van der Waals surface area contributed by atoms with Crippen molar-refractivity contribution in [2.24, 2.45) is 0 Å². The maximum absolute atomic E-state index is 12.0. The van der Waals surface area contributed by atoms with Crippen LogP contribution in [0.1, 0.15) is 38.3 Å². The van der Waals surface area contributed by atoms with Crippen LogP contribution in [0.5, 0.6) is 5.88 Å². The van der Waals surface area contributed by atoms with Gasteiger partial charge in [0.15, 0.2) is 0 Å². The van der Waals surface area contributed by atoms with E-state index >= 15 is 0 Å². The molecule has 0 aliphatic carbocycles. The van der Waals surface area contributed by atoms with Crippen molar-refractivity contribution in [2.75, 3.05) is 20.3 Å². The molecule has 1 aromatic rings. The minimum absolute atomic E-state index is 0.0751. The SMILES string of the molecule is COCCNC(=O)C(C)n1c(O)c(C(C)C)c(=O)[nH]c1=O. The van der Waals surface area contributed by atoms with Crippen LogP contribution in [0.25, 0.3) is 0 Å². The summed E-state index contributed by atoms with van der Waals surface area (Å²) in [6, 6.07) is -0.955. The minimum atomic E-state index is -0.955. The van der Waals surface area contributed by atoms with E-state index in [0.717, 1.165) is 4.57 Å². The molecule has 8 heteroatoms. The highest BCUT2D eigenvalue weighted by atomic mass is 16.5. The third-order valence-corrected chi connectivity index (χ3v) is 3.10. The summed E-state index contributed by atoms with van der Waals surface area (Å²) in [5, 5.41) is 12.7. The molecule has 3 N–H and O–H groups in total. The molecule has 1 atom stereocenters. The van der Waals surface area contributed by atoms with Gasteiger partial charge in [-0.15, -0.1) is 0 Å². The Bertz CT molecular complexity index is 617. The Hall–Kier alpha value is -2.09. The number of aromatic amines is 1. The molecule has 118 valence electrons. The predicted molar refractivity (Wildman–Crippen MR) is 76.7 cm³/mol. The molecule has 0 saturated heterocycles. The summed E-state index contributed by atoms with van der Waals surface area (Å²) in [6.07, 6.45) is 0. The van der Waals surface area contributed by atoms with Crippen LogP contribution in [-0.4, -0.2) is 40.8 Å². The fourth-order valence-electron chi connectivity index (χ4n) is 1.97. The standard InChI is InChI=1S/C13H21N3O5/c1-7(2)9-11(18)15-13(20)16(12(9)19)8(3)10(17)14-5-6-21-4/h7-8,19H,5-6H2,1-4H3,(H,14,17)(H,15,18,20). The molecule has 0 spiro atoms. The van der Waals surface area contributed by atoms with Gasteiger partial charge in [-0.2, -0.15) is 0 Å². The van der Waals surface area contributed by atoms with Crippen molar-refractivity contribution in [3.05, 3.63) is 26.4 Å². The monoisotopic (exact) mass is 299 g/mol. The molecule has 0 bridgehead atoms. The lowest BCUT2D eigenvalue weighted by molar-refractivity contribution is -0.124. The minimum Gasteiger partial charge on any atom is -0.494 e. The number of carbonyl (C=O) groups excluding carboxylic acids is 1. The zero-order chi connectivity index (χ0) is 16.2. The summed E-state index contributed by atoms with van der Waals surface area (Å²) >= 11 is 0. The lowest BCUT2D eigenvalue weighted by atomic mass is 10.1. The highest BCUT2D eigenvalue weighted by molar-refractivity contribution is 5.80. The number of hydrogen-bond donors (Lipinski definition) is 3. The first kappa shape index (κ1) is 17.0. The highest BCUT2D eigenvalue weighted by Crippen LogP contribution is 2.22. The number of carbonyl (C=O) groups is 1. The molecule has 0 fully saturated rings. The summed E-state index contributed by atoms with van der Waals surface area (Å²) in [7, 11) is 1.50. The molecule has 0 aliphatic rings. The van der Waals surface area contributed by atoms with Crippen LogP contribution >= 0.6 is 0 Å². The average Bonchev–Trinajstić information content (AvgIpc) is 2.37. The summed E-state index contributed by atoms with van der Waals surface area (Å²) < 4.78 is 5.69. The lowest BCUT2D eigenvalue weighted by Crippen LogP contribution is -2.40. The van der Waals surface area contributed by atoms with Gasteiger partial charge in [0.25, 0.3) is 5.56 Å². The zero-order valence-corrected chi connectivity index (χ0v) is 12.6. The number of nitrogens with one attached hydrogen (secondary N) is 2. The molecule has 0 aliphatic heterocycles. The lowest BCUT2D eigenvalue weighted by Gasteiger charge is -2.18. The first-order chi connectivity index (χ1) is 9.81. The molecule has 0 radical (unpaired) electrons. The Morgan fingerprint density at radius 3 is 2.52 bits per heavy atom. The molecule has 1 unspecified atom stereocenters.